The van der Waals surface area contributed by atoms with Crippen LogP contribution in [-0.2, 0) is 4.79 Å². The molecule has 0 aliphatic rings. The van der Waals surface area contributed by atoms with Gasteiger partial charge in [0.2, 0.25) is 5.91 Å². The molecule has 0 aromatic heterocycles. The Morgan fingerprint density at radius 2 is 1.79 bits per heavy atom. The maximum Gasteiger partial charge on any atom is 0.239 e. The van der Waals surface area contributed by atoms with Gasteiger partial charge in [-0.3, -0.25) is 4.79 Å². The number of halogens is 2. The van der Waals surface area contributed by atoms with Crippen LogP contribution in [0.4, 0.5) is 14.5 Å². The van der Waals surface area contributed by atoms with E-state index in [1.54, 1.807) is 24.3 Å². The molecule has 1 unspecified atom stereocenters. The number of aliphatic hydroxyl groups excluding tert-OH is 1. The molecule has 0 fully saturated rings. The molecular weight excluding hydrogens is 316 g/mol. The van der Waals surface area contributed by atoms with Gasteiger partial charge in [-0.1, -0.05) is 6.07 Å². The summed E-state index contributed by atoms with van der Waals surface area (Å²) >= 11 is 0. The minimum absolute atomic E-state index is 0.0849. The van der Waals surface area contributed by atoms with E-state index < -0.39 is 29.2 Å². The third-order valence-electron chi connectivity index (χ3n) is 3.29. The fourth-order valence-corrected chi connectivity index (χ4v) is 2.05. The van der Waals surface area contributed by atoms with Crippen LogP contribution >= 0.6 is 0 Å². The second-order valence-electron chi connectivity index (χ2n) is 5.00. The Labute approximate surface area is 137 Å². The molecule has 0 spiro atoms. The molecule has 3 N–H and O–H groups in total. The summed E-state index contributed by atoms with van der Waals surface area (Å²) < 4.78 is 27.0. The summed E-state index contributed by atoms with van der Waals surface area (Å²) in [5.74, 6) is -2.19. The van der Waals surface area contributed by atoms with Gasteiger partial charge >= 0.3 is 0 Å². The minimum atomic E-state index is -1.48. The van der Waals surface area contributed by atoms with Gasteiger partial charge in [-0.15, -0.1) is 0 Å². The zero-order valence-corrected chi connectivity index (χ0v) is 12.6. The summed E-state index contributed by atoms with van der Waals surface area (Å²) in [5, 5.41) is 23.7. The van der Waals surface area contributed by atoms with E-state index in [1.807, 2.05) is 6.07 Å². The number of amides is 1. The zero-order chi connectivity index (χ0) is 17.5. The molecule has 0 aliphatic carbocycles. The molecule has 5 nitrogen and oxygen atoms in total. The SMILES string of the molecule is N#Cc1ccc(NCC(=O)NCC(O)c2c(F)cccc2F)cc1. The van der Waals surface area contributed by atoms with Gasteiger partial charge in [0.15, 0.2) is 0 Å². The lowest BCUT2D eigenvalue weighted by Gasteiger charge is -2.14. The Morgan fingerprint density at radius 1 is 1.17 bits per heavy atom. The topological polar surface area (TPSA) is 85.2 Å². The minimum Gasteiger partial charge on any atom is -0.386 e. The highest BCUT2D eigenvalue weighted by Gasteiger charge is 2.18. The van der Waals surface area contributed by atoms with Gasteiger partial charge < -0.3 is 15.7 Å². The van der Waals surface area contributed by atoms with Crippen LogP contribution < -0.4 is 10.6 Å². The lowest BCUT2D eigenvalue weighted by atomic mass is 10.1. The molecule has 2 aromatic rings. The first-order valence-corrected chi connectivity index (χ1v) is 7.14. The van der Waals surface area contributed by atoms with E-state index in [0.29, 0.717) is 11.3 Å². The highest BCUT2D eigenvalue weighted by Crippen LogP contribution is 2.19. The molecule has 7 heteroatoms. The van der Waals surface area contributed by atoms with E-state index in [9.17, 15) is 18.7 Å². The van der Waals surface area contributed by atoms with Crippen molar-refractivity contribution in [2.75, 3.05) is 18.4 Å². The molecule has 24 heavy (non-hydrogen) atoms. The Balaban J connectivity index is 1.83. The lowest BCUT2D eigenvalue weighted by Crippen LogP contribution is -2.33. The first-order chi connectivity index (χ1) is 11.5. The predicted octanol–water partition coefficient (Wildman–Crippen LogP) is 2.10. The van der Waals surface area contributed by atoms with Crippen LogP contribution in [0.3, 0.4) is 0 Å². The van der Waals surface area contributed by atoms with Crippen molar-refractivity contribution < 1.29 is 18.7 Å². The molecule has 1 amide bonds. The van der Waals surface area contributed by atoms with Gasteiger partial charge in [-0.05, 0) is 36.4 Å². The van der Waals surface area contributed by atoms with Crippen molar-refractivity contribution in [3.63, 3.8) is 0 Å². The third kappa shape index (κ3) is 4.51. The van der Waals surface area contributed by atoms with E-state index in [4.69, 9.17) is 5.26 Å². The fourth-order valence-electron chi connectivity index (χ4n) is 2.05. The second kappa shape index (κ2) is 8.04. The number of nitrogens with zero attached hydrogens (tertiary/aromatic N) is 1. The van der Waals surface area contributed by atoms with Crippen LogP contribution in [-0.4, -0.2) is 24.1 Å². The van der Waals surface area contributed by atoms with Gasteiger partial charge in [0.05, 0.1) is 23.7 Å². The largest absolute Gasteiger partial charge is 0.386 e. The van der Waals surface area contributed by atoms with Crippen LogP contribution in [0.1, 0.15) is 17.2 Å². The molecule has 0 bridgehead atoms. The van der Waals surface area contributed by atoms with Gasteiger partial charge in [-0.25, -0.2) is 8.78 Å². The highest BCUT2D eigenvalue weighted by atomic mass is 19.1. The standard InChI is InChI=1S/C17H15F2N3O2/c18-13-2-1-3-14(19)17(13)15(23)9-22-16(24)10-21-12-6-4-11(8-20)5-7-12/h1-7,15,21,23H,9-10H2,(H,22,24). The van der Waals surface area contributed by atoms with Crippen molar-refractivity contribution in [3.8, 4) is 6.07 Å². The number of carbonyl (C=O) groups excluding carboxylic acids is 1. The van der Waals surface area contributed by atoms with Gasteiger partial charge in [0, 0.05) is 12.2 Å². The quantitative estimate of drug-likeness (QED) is 0.757. The molecule has 0 heterocycles. The number of hydrogen-bond acceptors (Lipinski definition) is 4. The molecule has 1 atom stereocenters. The highest BCUT2D eigenvalue weighted by molar-refractivity contribution is 5.80. The van der Waals surface area contributed by atoms with E-state index in [0.717, 1.165) is 12.1 Å². The average molecular weight is 331 g/mol. The maximum atomic E-state index is 13.5. The number of nitriles is 1. The van der Waals surface area contributed by atoms with E-state index in [-0.39, 0.29) is 13.1 Å². The van der Waals surface area contributed by atoms with Crippen LogP contribution in [0.15, 0.2) is 42.5 Å². The van der Waals surface area contributed by atoms with Crippen molar-refractivity contribution in [1.82, 2.24) is 5.32 Å². The average Bonchev–Trinajstić information content (AvgIpc) is 2.58. The van der Waals surface area contributed by atoms with Gasteiger partial charge in [0.1, 0.15) is 17.7 Å². The lowest BCUT2D eigenvalue weighted by molar-refractivity contribution is -0.119. The second-order valence-corrected chi connectivity index (χ2v) is 5.00. The number of anilines is 1. The van der Waals surface area contributed by atoms with Crippen LogP contribution in [0, 0.1) is 23.0 Å². The molecule has 0 aliphatic heterocycles. The Morgan fingerprint density at radius 3 is 2.38 bits per heavy atom. The Kier molecular flexibility index (Phi) is 5.82. The summed E-state index contributed by atoms with van der Waals surface area (Å²) in [4.78, 5) is 11.7. The number of hydrogen-bond donors (Lipinski definition) is 3. The van der Waals surface area contributed by atoms with Crippen molar-refractivity contribution in [3.05, 3.63) is 65.2 Å². The van der Waals surface area contributed by atoms with E-state index >= 15 is 0 Å². The van der Waals surface area contributed by atoms with E-state index in [1.165, 1.54) is 6.07 Å². The van der Waals surface area contributed by atoms with Crippen LogP contribution in [0.5, 0.6) is 0 Å². The van der Waals surface area contributed by atoms with Crippen LogP contribution in [0.2, 0.25) is 0 Å². The smallest absolute Gasteiger partial charge is 0.239 e. The Hall–Kier alpha value is -2.98. The molecule has 2 aromatic carbocycles. The third-order valence-corrected chi connectivity index (χ3v) is 3.29. The first kappa shape index (κ1) is 17.4. The fraction of sp³-hybridized carbons (Fsp3) is 0.176. The molecule has 0 saturated heterocycles. The summed E-state index contributed by atoms with van der Waals surface area (Å²) in [6.07, 6.45) is -1.48. The van der Waals surface area contributed by atoms with Crippen molar-refractivity contribution >= 4 is 11.6 Å². The molecule has 2 rings (SSSR count). The maximum absolute atomic E-state index is 13.5. The van der Waals surface area contributed by atoms with E-state index in [2.05, 4.69) is 10.6 Å². The molecule has 124 valence electrons. The summed E-state index contributed by atoms with van der Waals surface area (Å²) in [5.41, 5.74) is 0.669. The van der Waals surface area contributed by atoms with Crippen molar-refractivity contribution in [2.24, 2.45) is 0 Å². The number of nitrogens with one attached hydrogen (secondary N) is 2. The van der Waals surface area contributed by atoms with Crippen LogP contribution in [0.25, 0.3) is 0 Å². The summed E-state index contributed by atoms with van der Waals surface area (Å²) in [6.45, 7) is -0.399. The zero-order valence-electron chi connectivity index (χ0n) is 12.6. The number of benzene rings is 2. The number of rotatable bonds is 6. The van der Waals surface area contributed by atoms with Crippen molar-refractivity contribution in [1.29, 1.82) is 5.26 Å². The molecule has 0 saturated carbocycles. The predicted molar refractivity (Wildman–Crippen MR) is 84.0 cm³/mol. The normalized spacial score (nSPS) is 11.4. The van der Waals surface area contributed by atoms with Crippen molar-refractivity contribution in [2.45, 2.75) is 6.10 Å². The van der Waals surface area contributed by atoms with Gasteiger partial charge in [-0.2, -0.15) is 5.26 Å². The molecular formula is C17H15F2N3O2. The molecule has 0 radical (unpaired) electrons. The number of aliphatic hydroxyl groups is 1. The summed E-state index contributed by atoms with van der Waals surface area (Å²) in [7, 11) is 0. The Bertz CT molecular complexity index is 737. The summed E-state index contributed by atoms with van der Waals surface area (Å²) in [6, 6.07) is 11.8. The monoisotopic (exact) mass is 331 g/mol. The number of carbonyl (C=O) groups is 1. The first-order valence-electron chi connectivity index (χ1n) is 7.14. The van der Waals surface area contributed by atoms with Gasteiger partial charge in [0.25, 0.3) is 0 Å².